The fourth-order valence-electron chi connectivity index (χ4n) is 1.98. The largest absolute Gasteiger partial charge is 0.417 e. The Kier molecular flexibility index (Phi) is 3.54. The molecule has 1 aromatic carbocycles. The predicted molar refractivity (Wildman–Crippen MR) is 70.7 cm³/mol. The number of carbonyl (C=O) groups excluding carboxylic acids is 1. The van der Waals surface area contributed by atoms with Crippen LogP contribution >= 0.6 is 22.6 Å². The van der Waals surface area contributed by atoms with E-state index >= 15 is 0 Å². The van der Waals surface area contributed by atoms with E-state index in [9.17, 15) is 23.1 Å². The minimum absolute atomic E-state index is 0.0109. The summed E-state index contributed by atoms with van der Waals surface area (Å²) in [4.78, 5) is 13.3. The van der Waals surface area contributed by atoms with Gasteiger partial charge in [0.25, 0.3) is 5.91 Å². The van der Waals surface area contributed by atoms with E-state index in [0.29, 0.717) is 0 Å². The highest BCUT2D eigenvalue weighted by molar-refractivity contribution is 14.1. The number of halogens is 4. The van der Waals surface area contributed by atoms with Crippen molar-refractivity contribution in [1.29, 1.82) is 0 Å². The molecule has 0 spiro atoms. The molecular formula is C12H11F3INO2. The molecule has 1 amide bonds. The van der Waals surface area contributed by atoms with Crippen LogP contribution in [0.4, 0.5) is 13.2 Å². The molecule has 1 heterocycles. The lowest BCUT2D eigenvalue weighted by Gasteiger charge is -2.44. The van der Waals surface area contributed by atoms with Crippen LogP contribution in [0.15, 0.2) is 18.2 Å². The lowest BCUT2D eigenvalue weighted by Crippen LogP contribution is -2.61. The fraction of sp³-hybridized carbons (Fsp3) is 0.417. The van der Waals surface area contributed by atoms with Gasteiger partial charge in [-0.15, -0.1) is 0 Å². The fourth-order valence-corrected chi connectivity index (χ4v) is 2.62. The number of aliphatic hydroxyl groups is 1. The number of nitrogens with zero attached hydrogens (tertiary/aromatic N) is 1. The van der Waals surface area contributed by atoms with Gasteiger partial charge in [-0.2, -0.15) is 13.2 Å². The average Bonchev–Trinajstić information content (AvgIpc) is 2.24. The molecule has 0 aliphatic carbocycles. The van der Waals surface area contributed by atoms with E-state index in [1.54, 1.807) is 29.5 Å². The van der Waals surface area contributed by atoms with Crippen molar-refractivity contribution < 1.29 is 23.1 Å². The maximum atomic E-state index is 12.7. The second-order valence-electron chi connectivity index (χ2n) is 4.85. The number of hydrogen-bond acceptors (Lipinski definition) is 2. The van der Waals surface area contributed by atoms with Gasteiger partial charge >= 0.3 is 6.18 Å². The Morgan fingerprint density at radius 3 is 2.47 bits per heavy atom. The molecule has 0 radical (unpaired) electrons. The molecule has 1 aromatic rings. The lowest BCUT2D eigenvalue weighted by atomic mass is 9.95. The maximum absolute atomic E-state index is 12.7. The summed E-state index contributed by atoms with van der Waals surface area (Å²) in [5.74, 6) is -0.492. The molecule has 2 rings (SSSR count). The maximum Gasteiger partial charge on any atom is 0.417 e. The van der Waals surface area contributed by atoms with Crippen molar-refractivity contribution in [3.05, 3.63) is 32.9 Å². The molecule has 0 unspecified atom stereocenters. The van der Waals surface area contributed by atoms with E-state index in [-0.39, 0.29) is 22.2 Å². The van der Waals surface area contributed by atoms with Crippen molar-refractivity contribution in [3.63, 3.8) is 0 Å². The molecule has 1 N–H and O–H groups in total. The highest BCUT2D eigenvalue weighted by atomic mass is 127. The molecular weight excluding hydrogens is 374 g/mol. The standard InChI is InChI=1S/C12H11F3INO2/c1-11(19)5-17(6-11)10(18)7-2-3-9(16)8(4-7)12(13,14)15/h2-4,19H,5-6H2,1H3. The summed E-state index contributed by atoms with van der Waals surface area (Å²) < 4.78 is 38.3. The predicted octanol–water partition coefficient (Wildman–Crippen LogP) is 2.52. The Bertz CT molecular complexity index is 520. The number of benzene rings is 1. The topological polar surface area (TPSA) is 40.5 Å². The summed E-state index contributed by atoms with van der Waals surface area (Å²) in [6.45, 7) is 1.85. The van der Waals surface area contributed by atoms with E-state index in [4.69, 9.17) is 0 Å². The quantitative estimate of drug-likeness (QED) is 0.755. The minimum atomic E-state index is -4.48. The van der Waals surface area contributed by atoms with Crippen LogP contribution in [0.1, 0.15) is 22.8 Å². The third-order valence-electron chi connectivity index (χ3n) is 2.87. The van der Waals surface area contributed by atoms with Crippen molar-refractivity contribution in [3.8, 4) is 0 Å². The number of likely N-dealkylation sites (tertiary alicyclic amines) is 1. The Morgan fingerprint density at radius 1 is 1.42 bits per heavy atom. The van der Waals surface area contributed by atoms with Gasteiger partial charge in [-0.3, -0.25) is 4.79 Å². The zero-order valence-electron chi connectivity index (χ0n) is 9.96. The second kappa shape index (κ2) is 4.62. The summed E-state index contributed by atoms with van der Waals surface area (Å²) >= 11 is 1.59. The first-order valence-corrected chi connectivity index (χ1v) is 6.56. The van der Waals surface area contributed by atoms with E-state index < -0.39 is 23.2 Å². The van der Waals surface area contributed by atoms with Gasteiger partial charge < -0.3 is 10.0 Å². The number of carbonyl (C=O) groups is 1. The summed E-state index contributed by atoms with van der Waals surface area (Å²) in [6, 6.07) is 3.50. The van der Waals surface area contributed by atoms with Crippen LogP contribution in [0.5, 0.6) is 0 Å². The van der Waals surface area contributed by atoms with Crippen LogP contribution in [-0.2, 0) is 6.18 Å². The Morgan fingerprint density at radius 2 is 2.00 bits per heavy atom. The first-order chi connectivity index (χ1) is 8.60. The van der Waals surface area contributed by atoms with Crippen LogP contribution in [0.25, 0.3) is 0 Å². The smallest absolute Gasteiger partial charge is 0.386 e. The van der Waals surface area contributed by atoms with Crippen LogP contribution in [-0.4, -0.2) is 34.6 Å². The monoisotopic (exact) mass is 385 g/mol. The number of hydrogen-bond donors (Lipinski definition) is 1. The molecule has 1 saturated heterocycles. The Hall–Kier alpha value is -0.830. The molecule has 7 heteroatoms. The Balaban J connectivity index is 2.25. The number of alkyl halides is 3. The minimum Gasteiger partial charge on any atom is -0.386 e. The third kappa shape index (κ3) is 3.02. The molecule has 104 valence electrons. The average molecular weight is 385 g/mol. The van der Waals surface area contributed by atoms with E-state index in [0.717, 1.165) is 6.07 Å². The molecule has 1 aliphatic heterocycles. The normalized spacial score (nSPS) is 18.1. The van der Waals surface area contributed by atoms with Crippen LogP contribution in [0.3, 0.4) is 0 Å². The molecule has 19 heavy (non-hydrogen) atoms. The van der Waals surface area contributed by atoms with Crippen molar-refractivity contribution >= 4 is 28.5 Å². The first-order valence-electron chi connectivity index (χ1n) is 5.48. The van der Waals surface area contributed by atoms with Crippen molar-refractivity contribution in [2.45, 2.75) is 18.7 Å². The third-order valence-corrected chi connectivity index (χ3v) is 3.81. The number of amides is 1. The summed E-state index contributed by atoms with van der Waals surface area (Å²) in [5.41, 5.74) is -1.76. The number of rotatable bonds is 1. The highest BCUT2D eigenvalue weighted by Gasteiger charge is 2.40. The van der Waals surface area contributed by atoms with Crippen molar-refractivity contribution in [2.24, 2.45) is 0 Å². The SMILES string of the molecule is CC1(O)CN(C(=O)c2ccc(I)c(C(F)(F)F)c2)C1. The second-order valence-corrected chi connectivity index (χ2v) is 6.01. The van der Waals surface area contributed by atoms with Crippen LogP contribution in [0, 0.1) is 3.57 Å². The van der Waals surface area contributed by atoms with Gasteiger partial charge in [-0.05, 0) is 47.7 Å². The molecule has 0 bridgehead atoms. The van der Waals surface area contributed by atoms with Gasteiger partial charge in [0, 0.05) is 9.13 Å². The van der Waals surface area contributed by atoms with Crippen LogP contribution < -0.4 is 0 Å². The molecule has 0 saturated carbocycles. The summed E-state index contributed by atoms with van der Waals surface area (Å²) in [7, 11) is 0. The molecule has 0 atom stereocenters. The molecule has 3 nitrogen and oxygen atoms in total. The van der Waals surface area contributed by atoms with E-state index in [1.165, 1.54) is 17.0 Å². The molecule has 0 aromatic heterocycles. The van der Waals surface area contributed by atoms with Gasteiger partial charge in [0.15, 0.2) is 0 Å². The lowest BCUT2D eigenvalue weighted by molar-refractivity contribution is -0.138. The van der Waals surface area contributed by atoms with Gasteiger partial charge in [-0.1, -0.05) is 0 Å². The Labute approximate surface area is 121 Å². The highest BCUT2D eigenvalue weighted by Crippen LogP contribution is 2.34. The zero-order valence-corrected chi connectivity index (χ0v) is 12.1. The van der Waals surface area contributed by atoms with Gasteiger partial charge in [0.2, 0.25) is 0 Å². The van der Waals surface area contributed by atoms with E-state index in [2.05, 4.69) is 0 Å². The molecule has 1 fully saturated rings. The molecule has 1 aliphatic rings. The van der Waals surface area contributed by atoms with Crippen molar-refractivity contribution in [1.82, 2.24) is 4.90 Å². The van der Waals surface area contributed by atoms with Gasteiger partial charge in [-0.25, -0.2) is 0 Å². The van der Waals surface area contributed by atoms with Crippen LogP contribution in [0.2, 0.25) is 0 Å². The zero-order chi connectivity index (χ0) is 14.4. The van der Waals surface area contributed by atoms with E-state index in [1.807, 2.05) is 0 Å². The van der Waals surface area contributed by atoms with Gasteiger partial charge in [0.1, 0.15) is 0 Å². The number of β-amino-alcohol motifs (C(OH)–C–C–N with tert-alkyl or cyclic N) is 1. The first kappa shape index (κ1) is 14.6. The summed E-state index contributed by atoms with van der Waals surface area (Å²) in [6.07, 6.45) is -4.48. The van der Waals surface area contributed by atoms with Gasteiger partial charge in [0.05, 0.1) is 24.3 Å². The van der Waals surface area contributed by atoms with Crippen molar-refractivity contribution in [2.75, 3.05) is 13.1 Å². The summed E-state index contributed by atoms with van der Waals surface area (Å²) in [5, 5.41) is 9.53.